The van der Waals surface area contributed by atoms with E-state index in [1.54, 1.807) is 0 Å². The van der Waals surface area contributed by atoms with Crippen molar-refractivity contribution in [2.24, 2.45) is 0 Å². The fraction of sp³-hybridized carbons (Fsp3) is 0. The van der Waals surface area contributed by atoms with Crippen LogP contribution < -0.4 is 0 Å². The number of nitrogens with zero attached hydrogens (tertiary/aromatic N) is 3. The smallest absolute Gasteiger partial charge is 0.164 e. The average Bonchev–Trinajstić information content (AvgIpc) is 1.49. The quantitative estimate of drug-likeness (QED) is 0.174. The van der Waals surface area contributed by atoms with Gasteiger partial charge in [0.15, 0.2) is 17.5 Å². The van der Waals surface area contributed by atoms with Gasteiger partial charge in [0.1, 0.15) is 11.2 Å². The fourth-order valence-corrected chi connectivity index (χ4v) is 8.71. The van der Waals surface area contributed by atoms with E-state index in [-0.39, 0.29) is 35.0 Å². The third-order valence-electron chi connectivity index (χ3n) is 8.93. The summed E-state index contributed by atoms with van der Waals surface area (Å²) in [6, 6.07) is -23.6. The fourth-order valence-electron chi connectivity index (χ4n) is 6.52. The van der Waals surface area contributed by atoms with E-state index in [1.165, 1.54) is 0 Å². The van der Waals surface area contributed by atoms with Gasteiger partial charge < -0.3 is 4.42 Å². The summed E-state index contributed by atoms with van der Waals surface area (Å²) in [5.74, 6) is -2.35. The molecule has 0 radical (unpaired) electrons. The van der Waals surface area contributed by atoms with Crippen molar-refractivity contribution in [1.29, 1.82) is 0 Å². The molecule has 0 aliphatic carbocycles. The van der Waals surface area contributed by atoms with Gasteiger partial charge in [-0.15, -0.1) is 22.7 Å². The Hall–Kier alpha value is -6.99. The Bertz CT molecular complexity index is 5100. The molecule has 8 aromatic carbocycles. The highest BCUT2D eigenvalue weighted by Crippen LogP contribution is 2.48. The molecule has 0 spiro atoms. The first-order chi connectivity index (χ1) is 40.3. The molecule has 6 heteroatoms. The van der Waals surface area contributed by atoms with Crippen molar-refractivity contribution < 1.29 is 44.2 Å². The van der Waals surface area contributed by atoms with E-state index in [4.69, 9.17) is 31.8 Å². The number of aromatic nitrogens is 3. The number of rotatable bonds is 5. The predicted octanol–water partition coefficient (Wildman–Crippen LogP) is 14.8. The van der Waals surface area contributed by atoms with Crippen LogP contribution in [0, 0.1) is 0 Å². The van der Waals surface area contributed by atoms with E-state index in [1.807, 2.05) is 0 Å². The summed E-state index contributed by atoms with van der Waals surface area (Å²) >= 11 is 1.17. The van der Waals surface area contributed by atoms with Gasteiger partial charge in [-0.05, 0) is 41.3 Å². The molecule has 0 aliphatic rings. The zero-order valence-corrected chi connectivity index (χ0v) is 29.7. The SMILES string of the molecule is [2H]c1c([2H])c([2H])c(-c2nc(-c3c([2H])c([2H])c([2H])c([2H])c3[2H])nc(-c3c([2H])c([2H])c([2H])c4sc5c(-c6c([2H])c(-c7c([2H])c([2H])c([2H])c8c7oc7c([2H])c([2H])c([2H])c([2H])c78)c7sc8c([2H])c([2H])c([2H])c([2H])c8c7c6[2H])c([2H])c([2H])c([2H])c5c34)n2)c([2H])c1[2H]. The van der Waals surface area contributed by atoms with Crippen LogP contribution in [-0.2, 0) is 0 Å². The van der Waals surface area contributed by atoms with Crippen LogP contribution in [0.4, 0.5) is 0 Å². The van der Waals surface area contributed by atoms with Crippen LogP contribution in [0.15, 0.2) is 180 Å². The third-order valence-corrected chi connectivity index (χ3v) is 11.2. The lowest BCUT2D eigenvalue weighted by molar-refractivity contribution is 0.670. The first kappa shape index (κ1) is 14.8. The zero-order chi connectivity index (χ0) is 62.7. The van der Waals surface area contributed by atoms with E-state index < -0.39 is 259 Å². The molecule has 4 aromatic heterocycles. The predicted molar refractivity (Wildman–Crippen MR) is 240 cm³/mol. The summed E-state index contributed by atoms with van der Waals surface area (Å²) in [5.41, 5.74) is -5.31. The van der Waals surface area contributed by atoms with Crippen LogP contribution in [0.2, 0.25) is 0 Å². The summed E-state index contributed by atoms with van der Waals surface area (Å²) in [6.45, 7) is 0. The molecule has 4 heterocycles. The molecule has 0 atom stereocenters. The van der Waals surface area contributed by atoms with Crippen molar-refractivity contribution in [3.63, 3.8) is 0 Å². The van der Waals surface area contributed by atoms with Crippen molar-refractivity contribution in [3.8, 4) is 56.4 Å². The topological polar surface area (TPSA) is 51.8 Å². The standard InChI is InChI=1S/C51H29N3OS2/c1-3-14-30(15-4-1)49-52-50(31-16-5-2-6-17-31)54-51(53-49)39-24-13-27-44-45(39)38-23-11-20-33(47(38)57-44)32-28-40-35-19-8-10-26-43(35)56-48(40)41(29-32)37-22-12-21-36-34-18-7-9-25-42(34)55-46(36)37/h1-29H/i1D,2D,3D,4D,5D,6D,7D,8D,9D,10D,11D,12D,13D,14D,15D,16D,17D,18D,19D,20D,21D,22D,23D,24D,25D,26D,27D,28D,29D. The van der Waals surface area contributed by atoms with E-state index in [9.17, 15) is 12.3 Å². The lowest BCUT2D eigenvalue weighted by atomic mass is 9.94. The first-order valence-corrected chi connectivity index (χ1v) is 18.2. The van der Waals surface area contributed by atoms with Gasteiger partial charge in [0.05, 0.1) is 39.8 Å². The molecular formula is C51H29N3OS2. The number of fused-ring (bicyclic) bond motifs is 9. The van der Waals surface area contributed by atoms with Gasteiger partial charge in [0, 0.05) is 78.9 Å². The van der Waals surface area contributed by atoms with Crippen molar-refractivity contribution in [1.82, 2.24) is 15.0 Å². The normalized spacial score (nSPS) is 19.0. The largest absolute Gasteiger partial charge is 0.455 e. The molecule has 0 bridgehead atoms. The van der Waals surface area contributed by atoms with Gasteiger partial charge >= 0.3 is 0 Å². The van der Waals surface area contributed by atoms with E-state index in [0.717, 1.165) is 0 Å². The first-order valence-electron chi connectivity index (χ1n) is 31.1. The summed E-state index contributed by atoms with van der Waals surface area (Å²) < 4.78 is 265. The second kappa shape index (κ2) is 12.8. The maximum absolute atomic E-state index is 10.3. The molecule has 0 unspecified atom stereocenters. The number of para-hydroxylation sites is 2. The van der Waals surface area contributed by atoms with Crippen LogP contribution >= 0.6 is 22.7 Å². The van der Waals surface area contributed by atoms with E-state index in [0.29, 0.717) is 22.7 Å². The number of hydrogen-bond donors (Lipinski definition) is 0. The maximum Gasteiger partial charge on any atom is 0.164 e. The number of furan rings is 1. The Balaban J connectivity index is 1.29. The highest BCUT2D eigenvalue weighted by Gasteiger charge is 2.21. The third kappa shape index (κ3) is 5.15. The molecule has 12 aromatic rings. The molecule has 12 rings (SSSR count). The second-order valence-electron chi connectivity index (χ2n) is 12.1. The molecule has 0 amide bonds. The zero-order valence-electron chi connectivity index (χ0n) is 57.1. The van der Waals surface area contributed by atoms with Gasteiger partial charge in [-0.25, -0.2) is 15.0 Å². The molecular weight excluding hydrogens is 735 g/mol. The average molecular weight is 793 g/mol. The monoisotopic (exact) mass is 792 g/mol. The Morgan fingerprint density at radius 3 is 1.74 bits per heavy atom. The Morgan fingerprint density at radius 2 is 0.947 bits per heavy atom. The molecule has 266 valence electrons. The molecule has 0 saturated heterocycles. The van der Waals surface area contributed by atoms with E-state index >= 15 is 0 Å². The molecule has 0 aliphatic heterocycles. The van der Waals surface area contributed by atoms with Crippen LogP contribution in [0.3, 0.4) is 0 Å². The minimum absolute atomic E-state index is 0.189. The summed E-state index contributed by atoms with van der Waals surface area (Å²) in [5, 5.41) is -2.30. The van der Waals surface area contributed by atoms with Crippen LogP contribution in [-0.4, -0.2) is 15.0 Å². The minimum atomic E-state index is -0.949. The van der Waals surface area contributed by atoms with Gasteiger partial charge in [0.25, 0.3) is 0 Å². The molecule has 0 N–H and O–H groups in total. The molecule has 0 fully saturated rings. The highest BCUT2D eigenvalue weighted by molar-refractivity contribution is 7.27. The van der Waals surface area contributed by atoms with E-state index in [2.05, 4.69) is 15.0 Å². The molecule has 0 saturated carbocycles. The lowest BCUT2D eigenvalue weighted by Crippen LogP contribution is -2.00. The Labute approximate surface area is 375 Å². The lowest BCUT2D eigenvalue weighted by Gasteiger charge is -2.11. The van der Waals surface area contributed by atoms with Crippen molar-refractivity contribution in [2.75, 3.05) is 0 Å². The van der Waals surface area contributed by atoms with Crippen molar-refractivity contribution >= 4 is 85.0 Å². The van der Waals surface area contributed by atoms with Gasteiger partial charge in [-0.3, -0.25) is 0 Å². The number of thiophene rings is 2. The molecule has 4 nitrogen and oxygen atoms in total. The highest BCUT2D eigenvalue weighted by atomic mass is 32.1. The minimum Gasteiger partial charge on any atom is -0.455 e. The van der Waals surface area contributed by atoms with Gasteiger partial charge in [-0.1, -0.05) is 145 Å². The Kier molecular flexibility index (Phi) is 3.32. The number of hydrogen-bond acceptors (Lipinski definition) is 6. The number of benzene rings is 8. The van der Waals surface area contributed by atoms with Crippen molar-refractivity contribution in [3.05, 3.63) is 175 Å². The Morgan fingerprint density at radius 1 is 0.386 bits per heavy atom. The van der Waals surface area contributed by atoms with Gasteiger partial charge in [0.2, 0.25) is 0 Å². The molecule has 57 heavy (non-hydrogen) atoms. The van der Waals surface area contributed by atoms with Gasteiger partial charge in [-0.2, -0.15) is 0 Å². The second-order valence-corrected chi connectivity index (χ2v) is 14.1. The summed E-state index contributed by atoms with van der Waals surface area (Å²) in [4.78, 5) is 13.2. The maximum atomic E-state index is 10.3. The van der Waals surface area contributed by atoms with Crippen LogP contribution in [0.25, 0.3) is 119 Å². The van der Waals surface area contributed by atoms with Crippen LogP contribution in [0.5, 0.6) is 0 Å². The summed E-state index contributed by atoms with van der Waals surface area (Å²) in [7, 11) is 0. The van der Waals surface area contributed by atoms with Crippen molar-refractivity contribution in [2.45, 2.75) is 0 Å². The van der Waals surface area contributed by atoms with Crippen LogP contribution in [0.1, 0.15) is 39.8 Å². The summed E-state index contributed by atoms with van der Waals surface area (Å²) in [6.07, 6.45) is 0.